The Hall–Kier alpha value is -4.23. The summed E-state index contributed by atoms with van der Waals surface area (Å²) in [6.07, 6.45) is 3.61. The third kappa shape index (κ3) is 8.33. The van der Waals surface area contributed by atoms with Gasteiger partial charge in [-0.15, -0.1) is 0 Å². The first-order valence-corrected chi connectivity index (χ1v) is 18.1. The number of nitrogens with zero attached hydrogens (tertiary/aromatic N) is 3. The number of benzene rings is 3. The molecular formula is C35H38Cl2N6O5S. The van der Waals surface area contributed by atoms with Crippen LogP contribution < -0.4 is 21.2 Å². The second kappa shape index (κ2) is 16.0. The summed E-state index contributed by atoms with van der Waals surface area (Å²) in [5, 5.41) is 10.3. The number of hydrogen-bond acceptors (Lipinski definition) is 8. The molecule has 4 aromatic rings. The van der Waals surface area contributed by atoms with Gasteiger partial charge in [-0.3, -0.25) is 9.59 Å². The topological polar surface area (TPSA) is 156 Å². The quantitative estimate of drug-likeness (QED) is 0.0711. The van der Waals surface area contributed by atoms with E-state index in [1.54, 1.807) is 30.3 Å². The largest absolute Gasteiger partial charge is 0.487 e. The zero-order valence-electron chi connectivity index (χ0n) is 27.2. The van der Waals surface area contributed by atoms with Crippen molar-refractivity contribution in [1.29, 1.82) is 0 Å². The van der Waals surface area contributed by atoms with Crippen molar-refractivity contribution in [2.75, 3.05) is 19.6 Å². The van der Waals surface area contributed by atoms with Gasteiger partial charge in [0.1, 0.15) is 28.8 Å². The molecule has 258 valence electrons. The number of aryl methyl sites for hydroxylation is 2. The normalized spacial score (nSPS) is 15.1. The highest BCUT2D eigenvalue weighted by atomic mass is 35.5. The summed E-state index contributed by atoms with van der Waals surface area (Å²) >= 11 is 13.2. The van der Waals surface area contributed by atoms with Gasteiger partial charge in [0, 0.05) is 46.9 Å². The van der Waals surface area contributed by atoms with Gasteiger partial charge in [0.2, 0.25) is 15.9 Å². The fraction of sp³-hybridized carbons (Fsp3) is 0.314. The number of nitrogens with two attached hydrogens (primary N) is 1. The van der Waals surface area contributed by atoms with E-state index in [2.05, 4.69) is 20.7 Å². The van der Waals surface area contributed by atoms with Gasteiger partial charge < -0.3 is 21.2 Å². The van der Waals surface area contributed by atoms with Crippen LogP contribution in [-0.4, -0.2) is 61.4 Å². The number of fused-ring (bicyclic) bond motifs is 1. The smallest absolute Gasteiger partial charge is 0.251 e. The van der Waals surface area contributed by atoms with E-state index in [0.717, 1.165) is 22.2 Å². The molecule has 1 atom stereocenters. The number of carbonyl (C=O) groups excluding carboxylic acids is 2. The molecule has 5 rings (SSSR count). The van der Waals surface area contributed by atoms with Crippen LogP contribution in [0.15, 0.2) is 70.7 Å². The predicted octanol–water partition coefficient (Wildman–Crippen LogP) is 5.51. The summed E-state index contributed by atoms with van der Waals surface area (Å²) in [5.41, 5.74) is 4.20. The SMILES string of the molecule is Cc1cc(C)c2cccc(OCc3c(Cl)ccc(S(=O)(=O)N4CCC[C@H]4C(=O)NCCCCNC(=O)c4ccc(C=NN)cc4)c3Cl)c2n1. The average Bonchev–Trinajstić information content (AvgIpc) is 3.58. The Kier molecular flexibility index (Phi) is 11.8. The highest BCUT2D eigenvalue weighted by molar-refractivity contribution is 7.89. The Morgan fingerprint density at radius 3 is 2.53 bits per heavy atom. The van der Waals surface area contributed by atoms with E-state index < -0.39 is 16.1 Å². The van der Waals surface area contributed by atoms with Crippen LogP contribution in [0.5, 0.6) is 5.75 Å². The van der Waals surface area contributed by atoms with Crippen LogP contribution >= 0.6 is 23.2 Å². The lowest BCUT2D eigenvalue weighted by Gasteiger charge is -2.24. The minimum atomic E-state index is -4.16. The second-order valence-electron chi connectivity index (χ2n) is 11.8. The molecule has 11 nitrogen and oxygen atoms in total. The van der Waals surface area contributed by atoms with Gasteiger partial charge in [-0.2, -0.15) is 9.41 Å². The van der Waals surface area contributed by atoms with E-state index in [1.165, 1.54) is 22.7 Å². The number of nitrogens with one attached hydrogen (secondary N) is 2. The van der Waals surface area contributed by atoms with Gasteiger partial charge in [-0.25, -0.2) is 13.4 Å². The van der Waals surface area contributed by atoms with Crippen molar-refractivity contribution in [1.82, 2.24) is 19.9 Å². The van der Waals surface area contributed by atoms with E-state index in [4.69, 9.17) is 33.8 Å². The maximum absolute atomic E-state index is 13.9. The molecule has 1 saturated heterocycles. The number of carbonyl (C=O) groups is 2. The molecule has 1 aliphatic heterocycles. The molecule has 0 bridgehead atoms. The lowest BCUT2D eigenvalue weighted by molar-refractivity contribution is -0.124. The molecule has 0 radical (unpaired) electrons. The van der Waals surface area contributed by atoms with Crippen LogP contribution in [0.2, 0.25) is 10.0 Å². The van der Waals surface area contributed by atoms with Gasteiger partial charge in [-0.1, -0.05) is 47.5 Å². The predicted molar refractivity (Wildman–Crippen MR) is 192 cm³/mol. The Balaban J connectivity index is 1.18. The number of ether oxygens (including phenoxy) is 1. The van der Waals surface area contributed by atoms with Gasteiger partial charge in [0.25, 0.3) is 5.91 Å². The molecule has 4 N–H and O–H groups in total. The highest BCUT2D eigenvalue weighted by Crippen LogP contribution is 2.36. The number of unbranched alkanes of at least 4 members (excludes halogenated alkanes) is 1. The Labute approximate surface area is 295 Å². The molecule has 1 fully saturated rings. The summed E-state index contributed by atoms with van der Waals surface area (Å²) in [4.78, 5) is 30.0. The maximum atomic E-state index is 13.9. The fourth-order valence-electron chi connectivity index (χ4n) is 5.84. The number of sulfonamides is 1. The molecular weight excluding hydrogens is 687 g/mol. The number of pyridine rings is 1. The number of hydrogen-bond donors (Lipinski definition) is 3. The number of halogens is 2. The van der Waals surface area contributed by atoms with Crippen molar-refractivity contribution < 1.29 is 22.7 Å². The average molecular weight is 726 g/mol. The first kappa shape index (κ1) is 36.1. The van der Waals surface area contributed by atoms with Crippen LogP contribution in [0.3, 0.4) is 0 Å². The Morgan fingerprint density at radius 1 is 1.06 bits per heavy atom. The number of rotatable bonds is 13. The Morgan fingerprint density at radius 2 is 1.80 bits per heavy atom. The molecule has 0 aliphatic carbocycles. The standard InChI is InChI=1S/C35H38Cl2N6O5S/c1-22-19-23(2)42-33-26(22)7-5-9-30(33)48-21-27-28(36)14-15-31(32(27)37)49(46,47)43-18-6-8-29(43)35(45)40-17-4-3-16-39-34(44)25-12-10-24(11-13-25)20-41-38/h5,7,9-15,19-20,29H,3-4,6,8,16-18,21,38H2,1-2H3,(H,39,44)(H,40,45)/t29-/m0/s1. The van der Waals surface area contributed by atoms with Crippen LogP contribution in [0.25, 0.3) is 10.9 Å². The Bertz CT molecular complexity index is 1990. The van der Waals surface area contributed by atoms with E-state index in [1.807, 2.05) is 32.0 Å². The molecule has 49 heavy (non-hydrogen) atoms. The molecule has 1 aromatic heterocycles. The maximum Gasteiger partial charge on any atom is 0.251 e. The number of para-hydroxylation sites is 1. The molecule has 14 heteroatoms. The third-order valence-electron chi connectivity index (χ3n) is 8.34. The molecule has 0 saturated carbocycles. The molecule has 0 unspecified atom stereocenters. The van der Waals surface area contributed by atoms with E-state index >= 15 is 0 Å². The number of amides is 2. The third-order valence-corrected chi connectivity index (χ3v) is 11.2. The number of aromatic nitrogens is 1. The van der Waals surface area contributed by atoms with E-state index in [-0.39, 0.29) is 39.9 Å². The lowest BCUT2D eigenvalue weighted by atomic mass is 10.1. The molecule has 0 spiro atoms. The molecule has 2 heterocycles. The van der Waals surface area contributed by atoms with Crippen molar-refractivity contribution in [2.45, 2.75) is 57.1 Å². The molecule has 1 aliphatic rings. The molecule has 2 amide bonds. The first-order valence-electron chi connectivity index (χ1n) is 15.9. The summed E-state index contributed by atoms with van der Waals surface area (Å²) in [5.74, 6) is 5.08. The van der Waals surface area contributed by atoms with Gasteiger partial charge >= 0.3 is 0 Å². The van der Waals surface area contributed by atoms with Crippen LogP contribution in [-0.2, 0) is 21.4 Å². The summed E-state index contributed by atoms with van der Waals surface area (Å²) in [6, 6.07) is 16.4. The summed E-state index contributed by atoms with van der Waals surface area (Å²) < 4.78 is 35.2. The number of hydrazone groups is 1. The van der Waals surface area contributed by atoms with Crippen LogP contribution in [0.1, 0.15) is 58.4 Å². The van der Waals surface area contributed by atoms with Crippen LogP contribution in [0.4, 0.5) is 0 Å². The molecule has 3 aromatic carbocycles. The summed E-state index contributed by atoms with van der Waals surface area (Å²) in [6.45, 7) is 4.75. The van der Waals surface area contributed by atoms with Gasteiger partial charge in [-0.05, 0) is 87.1 Å². The van der Waals surface area contributed by atoms with Crippen molar-refractivity contribution in [3.05, 3.63) is 98.7 Å². The highest BCUT2D eigenvalue weighted by Gasteiger charge is 2.40. The second-order valence-corrected chi connectivity index (χ2v) is 14.4. The van der Waals surface area contributed by atoms with Crippen molar-refractivity contribution in [2.24, 2.45) is 10.9 Å². The zero-order valence-corrected chi connectivity index (χ0v) is 29.5. The minimum Gasteiger partial charge on any atom is -0.487 e. The minimum absolute atomic E-state index is 0.0542. The van der Waals surface area contributed by atoms with E-state index in [9.17, 15) is 18.0 Å². The first-order chi connectivity index (χ1) is 23.5. The van der Waals surface area contributed by atoms with Gasteiger partial charge in [0.05, 0.1) is 11.2 Å². The van der Waals surface area contributed by atoms with Crippen molar-refractivity contribution in [3.8, 4) is 5.75 Å². The van der Waals surface area contributed by atoms with E-state index in [0.29, 0.717) is 61.2 Å². The van der Waals surface area contributed by atoms with Crippen molar-refractivity contribution in [3.63, 3.8) is 0 Å². The monoisotopic (exact) mass is 724 g/mol. The van der Waals surface area contributed by atoms with Gasteiger partial charge in [0.15, 0.2) is 0 Å². The lowest BCUT2D eigenvalue weighted by Crippen LogP contribution is -2.46. The fourth-order valence-corrected chi connectivity index (χ4v) is 8.36. The van der Waals surface area contributed by atoms with Crippen LogP contribution in [0, 0.1) is 13.8 Å². The summed E-state index contributed by atoms with van der Waals surface area (Å²) in [7, 11) is -4.16. The van der Waals surface area contributed by atoms with Crippen molar-refractivity contribution >= 4 is 62.2 Å². The zero-order chi connectivity index (χ0) is 35.1.